The van der Waals surface area contributed by atoms with E-state index in [2.05, 4.69) is 10.1 Å². The SMILES string of the molecule is COC(=O)c1cc2c(cc1C)NC(C)(C)CS2(=O)=O. The van der Waals surface area contributed by atoms with E-state index in [9.17, 15) is 13.2 Å². The molecule has 0 saturated heterocycles. The molecule has 2 rings (SSSR count). The van der Waals surface area contributed by atoms with Crippen LogP contribution < -0.4 is 5.32 Å². The molecule has 0 saturated carbocycles. The molecular weight excluding hydrogens is 266 g/mol. The van der Waals surface area contributed by atoms with Crippen LogP contribution in [-0.2, 0) is 14.6 Å². The lowest BCUT2D eigenvalue weighted by Gasteiger charge is -2.33. The third-order valence-corrected chi connectivity index (χ3v) is 5.20. The fourth-order valence-corrected chi connectivity index (χ4v) is 4.25. The van der Waals surface area contributed by atoms with Gasteiger partial charge in [0.15, 0.2) is 9.84 Å². The molecule has 1 N–H and O–H groups in total. The number of rotatable bonds is 1. The number of benzene rings is 1. The maximum absolute atomic E-state index is 12.3. The van der Waals surface area contributed by atoms with Gasteiger partial charge >= 0.3 is 5.97 Å². The first kappa shape index (κ1) is 13.9. The van der Waals surface area contributed by atoms with Crippen LogP contribution in [0.5, 0.6) is 0 Å². The number of carbonyl (C=O) groups excluding carboxylic acids is 1. The predicted molar refractivity (Wildman–Crippen MR) is 72.3 cm³/mol. The van der Waals surface area contributed by atoms with Crippen molar-refractivity contribution in [3.05, 3.63) is 23.3 Å². The van der Waals surface area contributed by atoms with Crippen LogP contribution in [0.25, 0.3) is 0 Å². The van der Waals surface area contributed by atoms with Crippen LogP contribution in [0, 0.1) is 6.92 Å². The smallest absolute Gasteiger partial charge is 0.338 e. The summed E-state index contributed by atoms with van der Waals surface area (Å²) in [6.07, 6.45) is 0. The molecule has 0 fully saturated rings. The first-order chi connectivity index (χ1) is 8.66. The molecule has 1 aromatic carbocycles. The molecule has 1 aliphatic heterocycles. The monoisotopic (exact) mass is 283 g/mol. The molecule has 104 valence electrons. The Morgan fingerprint density at radius 2 is 2.00 bits per heavy atom. The molecule has 1 aromatic rings. The molecule has 0 aliphatic carbocycles. The zero-order valence-electron chi connectivity index (χ0n) is 11.4. The Hall–Kier alpha value is -1.56. The third kappa shape index (κ3) is 2.45. The van der Waals surface area contributed by atoms with E-state index in [4.69, 9.17) is 0 Å². The van der Waals surface area contributed by atoms with Crippen molar-refractivity contribution in [3.63, 3.8) is 0 Å². The standard InChI is InChI=1S/C13H17NO4S/c1-8-5-10-11(6-9(8)12(15)18-4)19(16,17)7-13(2,3)14-10/h5-6,14H,7H2,1-4H3. The van der Waals surface area contributed by atoms with E-state index in [1.807, 2.05) is 13.8 Å². The number of fused-ring (bicyclic) bond motifs is 1. The van der Waals surface area contributed by atoms with Crippen LogP contribution in [0.1, 0.15) is 29.8 Å². The summed E-state index contributed by atoms with van der Waals surface area (Å²) < 4.78 is 29.2. The molecule has 19 heavy (non-hydrogen) atoms. The molecule has 1 heterocycles. The van der Waals surface area contributed by atoms with E-state index in [0.717, 1.165) is 0 Å². The second kappa shape index (κ2) is 4.23. The Balaban J connectivity index is 2.67. The quantitative estimate of drug-likeness (QED) is 0.795. The maximum Gasteiger partial charge on any atom is 0.338 e. The minimum atomic E-state index is -3.40. The highest BCUT2D eigenvalue weighted by atomic mass is 32.2. The van der Waals surface area contributed by atoms with E-state index >= 15 is 0 Å². The number of aryl methyl sites for hydroxylation is 1. The minimum Gasteiger partial charge on any atom is -0.465 e. The van der Waals surface area contributed by atoms with Crippen molar-refractivity contribution in [1.82, 2.24) is 0 Å². The molecule has 0 spiro atoms. The normalized spacial score (nSPS) is 19.2. The van der Waals surface area contributed by atoms with Crippen molar-refractivity contribution in [1.29, 1.82) is 0 Å². The van der Waals surface area contributed by atoms with Crippen LogP contribution in [0.3, 0.4) is 0 Å². The van der Waals surface area contributed by atoms with Crippen molar-refractivity contribution in [3.8, 4) is 0 Å². The molecule has 0 radical (unpaired) electrons. The Morgan fingerprint density at radius 1 is 1.37 bits per heavy atom. The zero-order chi connectivity index (χ0) is 14.4. The predicted octanol–water partition coefficient (Wildman–Crippen LogP) is 1.76. The lowest BCUT2D eigenvalue weighted by atomic mass is 10.0. The summed E-state index contributed by atoms with van der Waals surface area (Å²) >= 11 is 0. The van der Waals surface area contributed by atoms with Gasteiger partial charge in [0.2, 0.25) is 0 Å². The van der Waals surface area contributed by atoms with Gasteiger partial charge in [-0.3, -0.25) is 0 Å². The second-order valence-electron chi connectivity index (χ2n) is 5.42. The van der Waals surface area contributed by atoms with E-state index in [0.29, 0.717) is 11.3 Å². The average molecular weight is 283 g/mol. The number of sulfone groups is 1. The summed E-state index contributed by atoms with van der Waals surface area (Å²) in [5, 5.41) is 3.19. The van der Waals surface area contributed by atoms with Gasteiger partial charge in [-0.25, -0.2) is 13.2 Å². The number of nitrogens with one attached hydrogen (secondary N) is 1. The molecular formula is C13H17NO4S. The van der Waals surface area contributed by atoms with Crippen molar-refractivity contribution < 1.29 is 17.9 Å². The van der Waals surface area contributed by atoms with Crippen LogP contribution in [-0.4, -0.2) is 32.8 Å². The van der Waals surface area contributed by atoms with Gasteiger partial charge in [0.05, 0.1) is 29.0 Å². The maximum atomic E-state index is 12.3. The summed E-state index contributed by atoms with van der Waals surface area (Å²) in [5.41, 5.74) is 0.990. The molecule has 5 nitrogen and oxygen atoms in total. The third-order valence-electron chi connectivity index (χ3n) is 3.09. The van der Waals surface area contributed by atoms with Gasteiger partial charge in [-0.1, -0.05) is 0 Å². The number of anilines is 1. The molecule has 1 aliphatic rings. The van der Waals surface area contributed by atoms with Gasteiger partial charge in [0, 0.05) is 5.54 Å². The molecule has 0 aromatic heterocycles. The molecule has 0 bridgehead atoms. The highest BCUT2D eigenvalue weighted by molar-refractivity contribution is 7.91. The lowest BCUT2D eigenvalue weighted by molar-refractivity contribution is 0.0599. The van der Waals surface area contributed by atoms with E-state index in [1.54, 1.807) is 13.0 Å². The van der Waals surface area contributed by atoms with E-state index < -0.39 is 21.3 Å². The van der Waals surface area contributed by atoms with Gasteiger partial charge in [-0.2, -0.15) is 0 Å². The van der Waals surface area contributed by atoms with Crippen molar-refractivity contribution >= 4 is 21.5 Å². The largest absolute Gasteiger partial charge is 0.465 e. The van der Waals surface area contributed by atoms with Crippen molar-refractivity contribution in [2.24, 2.45) is 0 Å². The summed E-state index contributed by atoms with van der Waals surface area (Å²) in [6, 6.07) is 3.08. The van der Waals surface area contributed by atoms with Gasteiger partial charge in [-0.05, 0) is 38.5 Å². The Morgan fingerprint density at radius 3 is 2.58 bits per heavy atom. The average Bonchev–Trinajstić information content (AvgIpc) is 2.24. The first-order valence-corrected chi connectivity index (χ1v) is 7.55. The van der Waals surface area contributed by atoms with Gasteiger partial charge < -0.3 is 10.1 Å². The topological polar surface area (TPSA) is 72.5 Å². The Labute approximate surface area is 112 Å². The number of ether oxygens (including phenoxy) is 1. The second-order valence-corrected chi connectivity index (χ2v) is 7.38. The molecule has 0 amide bonds. The highest BCUT2D eigenvalue weighted by Gasteiger charge is 2.36. The number of hydrogen-bond acceptors (Lipinski definition) is 5. The van der Waals surface area contributed by atoms with Crippen molar-refractivity contribution in [2.75, 3.05) is 18.2 Å². The van der Waals surface area contributed by atoms with Gasteiger partial charge in [0.25, 0.3) is 0 Å². The van der Waals surface area contributed by atoms with Crippen LogP contribution >= 0.6 is 0 Å². The number of carbonyl (C=O) groups is 1. The lowest BCUT2D eigenvalue weighted by Crippen LogP contribution is -2.43. The number of esters is 1. The van der Waals surface area contributed by atoms with Gasteiger partial charge in [0.1, 0.15) is 0 Å². The van der Waals surface area contributed by atoms with Crippen LogP contribution in [0.2, 0.25) is 0 Å². The highest BCUT2D eigenvalue weighted by Crippen LogP contribution is 2.34. The summed E-state index contributed by atoms with van der Waals surface area (Å²) in [4.78, 5) is 11.8. The van der Waals surface area contributed by atoms with Gasteiger partial charge in [-0.15, -0.1) is 0 Å². The van der Waals surface area contributed by atoms with Crippen LogP contribution in [0.15, 0.2) is 17.0 Å². The first-order valence-electron chi connectivity index (χ1n) is 5.90. The Kier molecular flexibility index (Phi) is 3.09. The minimum absolute atomic E-state index is 0.00330. The van der Waals surface area contributed by atoms with E-state index in [1.165, 1.54) is 13.2 Å². The van der Waals surface area contributed by atoms with Crippen LogP contribution in [0.4, 0.5) is 5.69 Å². The number of hydrogen-bond donors (Lipinski definition) is 1. The zero-order valence-corrected chi connectivity index (χ0v) is 12.2. The van der Waals surface area contributed by atoms with Crippen molar-refractivity contribution in [2.45, 2.75) is 31.2 Å². The number of methoxy groups -OCH3 is 1. The summed E-state index contributed by atoms with van der Waals surface area (Å²) in [5.74, 6) is -0.531. The van der Waals surface area contributed by atoms with E-state index in [-0.39, 0.29) is 16.2 Å². The summed E-state index contributed by atoms with van der Waals surface area (Å²) in [6.45, 7) is 5.41. The molecule has 0 unspecified atom stereocenters. The summed E-state index contributed by atoms with van der Waals surface area (Å²) in [7, 11) is -2.13. The Bertz CT molecular complexity index is 647. The molecule has 0 atom stereocenters. The fraction of sp³-hybridized carbons (Fsp3) is 0.462. The molecule has 6 heteroatoms. The fourth-order valence-electron chi connectivity index (χ4n) is 2.33.